The van der Waals surface area contributed by atoms with Gasteiger partial charge in [0.25, 0.3) is 0 Å². The van der Waals surface area contributed by atoms with Gasteiger partial charge in [0.15, 0.2) is 5.69 Å². The molecule has 15 heavy (non-hydrogen) atoms. The fourth-order valence-electron chi connectivity index (χ4n) is 1.72. The number of esters is 1. The largest absolute Gasteiger partial charge is 0.464 e. The molecule has 1 unspecified atom stereocenters. The topological polar surface area (TPSA) is 69.0 Å². The first-order valence-corrected chi connectivity index (χ1v) is 5.01. The lowest BCUT2D eigenvalue weighted by Crippen LogP contribution is -2.26. The normalized spacial score (nSPS) is 20.5. The van der Waals surface area contributed by atoms with Crippen molar-refractivity contribution in [3.8, 4) is 0 Å². The molecule has 0 saturated carbocycles. The summed E-state index contributed by atoms with van der Waals surface area (Å²) in [4.78, 5) is 11.1. The van der Waals surface area contributed by atoms with Gasteiger partial charge >= 0.3 is 5.97 Å². The summed E-state index contributed by atoms with van der Waals surface area (Å²) >= 11 is 0. The molecule has 6 nitrogen and oxygen atoms in total. The molecule has 2 rings (SSSR count). The van der Waals surface area contributed by atoms with E-state index in [1.165, 1.54) is 13.5 Å². The van der Waals surface area contributed by atoms with Gasteiger partial charge in [0.1, 0.15) is 0 Å². The Bertz CT molecular complexity index is 344. The number of methoxy groups -OCH3 is 1. The third kappa shape index (κ3) is 2.33. The average Bonchev–Trinajstić information content (AvgIpc) is 2.88. The molecule has 1 aromatic heterocycles. The van der Waals surface area contributed by atoms with Crippen molar-refractivity contribution in [2.45, 2.75) is 25.4 Å². The maximum atomic E-state index is 11.1. The number of nitrogens with zero attached hydrogens (tertiary/aromatic N) is 3. The molecule has 1 atom stereocenters. The summed E-state index contributed by atoms with van der Waals surface area (Å²) in [5, 5.41) is 11.0. The van der Waals surface area contributed by atoms with Crippen LogP contribution in [0.5, 0.6) is 0 Å². The SMILES string of the molecule is COC(=O)c1cn(CC2CCCN2)nn1. The summed E-state index contributed by atoms with van der Waals surface area (Å²) in [7, 11) is 1.33. The molecule has 1 aliphatic heterocycles. The van der Waals surface area contributed by atoms with Crippen molar-refractivity contribution in [3.63, 3.8) is 0 Å². The lowest BCUT2D eigenvalue weighted by atomic mass is 10.2. The minimum absolute atomic E-state index is 0.260. The molecule has 1 aromatic rings. The summed E-state index contributed by atoms with van der Waals surface area (Å²) in [6.07, 6.45) is 3.96. The Morgan fingerprint density at radius 1 is 1.80 bits per heavy atom. The second kappa shape index (κ2) is 4.39. The van der Waals surface area contributed by atoms with Gasteiger partial charge in [-0.05, 0) is 19.4 Å². The van der Waals surface area contributed by atoms with Gasteiger partial charge in [-0.2, -0.15) is 0 Å². The van der Waals surface area contributed by atoms with Crippen molar-refractivity contribution in [2.24, 2.45) is 0 Å². The Labute approximate surface area is 87.6 Å². The number of aromatic nitrogens is 3. The van der Waals surface area contributed by atoms with Crippen LogP contribution in [-0.4, -0.2) is 40.7 Å². The molecule has 0 aromatic carbocycles. The Kier molecular flexibility index (Phi) is 2.96. The van der Waals surface area contributed by atoms with E-state index in [4.69, 9.17) is 0 Å². The van der Waals surface area contributed by atoms with E-state index in [0.717, 1.165) is 19.5 Å². The maximum Gasteiger partial charge on any atom is 0.360 e. The predicted octanol–water partition coefficient (Wildman–Crippen LogP) is -0.183. The third-order valence-electron chi connectivity index (χ3n) is 2.50. The van der Waals surface area contributed by atoms with Crippen molar-refractivity contribution in [1.82, 2.24) is 20.3 Å². The van der Waals surface area contributed by atoms with Gasteiger partial charge in [0.2, 0.25) is 0 Å². The van der Waals surface area contributed by atoms with Gasteiger partial charge in [0.05, 0.1) is 19.9 Å². The van der Waals surface area contributed by atoms with Crippen LogP contribution >= 0.6 is 0 Å². The van der Waals surface area contributed by atoms with Gasteiger partial charge in [-0.25, -0.2) is 4.79 Å². The van der Waals surface area contributed by atoms with E-state index in [2.05, 4.69) is 20.4 Å². The van der Waals surface area contributed by atoms with E-state index in [-0.39, 0.29) is 5.69 Å². The summed E-state index contributed by atoms with van der Waals surface area (Å²) in [5.74, 6) is -0.444. The van der Waals surface area contributed by atoms with Gasteiger partial charge in [-0.3, -0.25) is 4.68 Å². The lowest BCUT2D eigenvalue weighted by Gasteiger charge is -2.08. The minimum Gasteiger partial charge on any atom is -0.464 e. The van der Waals surface area contributed by atoms with Crippen LogP contribution in [0, 0.1) is 0 Å². The molecule has 0 bridgehead atoms. The number of hydrogen-bond acceptors (Lipinski definition) is 5. The summed E-state index contributed by atoms with van der Waals surface area (Å²) in [6, 6.07) is 0.442. The highest BCUT2D eigenvalue weighted by Crippen LogP contribution is 2.07. The highest BCUT2D eigenvalue weighted by atomic mass is 16.5. The first-order valence-electron chi connectivity index (χ1n) is 5.01. The van der Waals surface area contributed by atoms with E-state index in [1.807, 2.05) is 0 Å². The van der Waals surface area contributed by atoms with E-state index in [1.54, 1.807) is 10.9 Å². The quantitative estimate of drug-likeness (QED) is 0.701. The zero-order valence-electron chi connectivity index (χ0n) is 8.64. The van der Waals surface area contributed by atoms with Gasteiger partial charge in [0, 0.05) is 6.04 Å². The molecule has 1 fully saturated rings. The molecule has 0 radical (unpaired) electrons. The molecule has 0 spiro atoms. The minimum atomic E-state index is -0.444. The Hall–Kier alpha value is -1.43. The number of nitrogens with one attached hydrogen (secondary N) is 1. The van der Waals surface area contributed by atoms with Crippen molar-refractivity contribution < 1.29 is 9.53 Å². The predicted molar refractivity (Wildman–Crippen MR) is 52.4 cm³/mol. The Balaban J connectivity index is 1.97. The van der Waals surface area contributed by atoms with Crippen molar-refractivity contribution in [2.75, 3.05) is 13.7 Å². The van der Waals surface area contributed by atoms with Crippen LogP contribution < -0.4 is 5.32 Å². The van der Waals surface area contributed by atoms with Crippen LogP contribution in [0.3, 0.4) is 0 Å². The number of carbonyl (C=O) groups excluding carboxylic acids is 1. The van der Waals surface area contributed by atoms with Gasteiger partial charge < -0.3 is 10.1 Å². The fourth-order valence-corrected chi connectivity index (χ4v) is 1.72. The van der Waals surface area contributed by atoms with Gasteiger partial charge in [-0.1, -0.05) is 5.21 Å². The Morgan fingerprint density at radius 3 is 3.33 bits per heavy atom. The highest BCUT2D eigenvalue weighted by molar-refractivity contribution is 5.86. The zero-order valence-corrected chi connectivity index (χ0v) is 8.64. The van der Waals surface area contributed by atoms with Crippen LogP contribution in [0.4, 0.5) is 0 Å². The van der Waals surface area contributed by atoms with Crippen LogP contribution in [0.25, 0.3) is 0 Å². The molecule has 1 aliphatic rings. The smallest absolute Gasteiger partial charge is 0.360 e. The maximum absolute atomic E-state index is 11.1. The van der Waals surface area contributed by atoms with Crippen molar-refractivity contribution >= 4 is 5.97 Å². The molecule has 82 valence electrons. The second-order valence-electron chi connectivity index (χ2n) is 3.61. The van der Waals surface area contributed by atoms with Gasteiger partial charge in [-0.15, -0.1) is 5.10 Å². The zero-order chi connectivity index (χ0) is 10.7. The summed E-state index contributed by atoms with van der Waals surface area (Å²) < 4.78 is 6.23. The van der Waals surface area contributed by atoms with Crippen LogP contribution in [-0.2, 0) is 11.3 Å². The van der Waals surface area contributed by atoms with E-state index < -0.39 is 5.97 Å². The molecule has 1 saturated heterocycles. The standard InChI is InChI=1S/C9H14N4O2/c1-15-9(14)8-6-13(12-11-8)5-7-3-2-4-10-7/h6-7,10H,2-5H2,1H3. The number of rotatable bonds is 3. The lowest BCUT2D eigenvalue weighted by molar-refractivity contribution is 0.0594. The molecular formula is C9H14N4O2. The molecule has 0 aliphatic carbocycles. The third-order valence-corrected chi connectivity index (χ3v) is 2.50. The van der Waals surface area contributed by atoms with E-state index >= 15 is 0 Å². The molecule has 0 amide bonds. The first kappa shape index (κ1) is 10.1. The van der Waals surface area contributed by atoms with Crippen LogP contribution in [0.1, 0.15) is 23.3 Å². The monoisotopic (exact) mass is 210 g/mol. The summed E-state index contributed by atoms with van der Waals surface area (Å²) in [6.45, 7) is 1.81. The van der Waals surface area contributed by atoms with Crippen molar-refractivity contribution in [1.29, 1.82) is 0 Å². The number of hydrogen-bond donors (Lipinski definition) is 1. The molecule has 6 heteroatoms. The molecular weight excluding hydrogens is 196 g/mol. The van der Waals surface area contributed by atoms with Crippen LogP contribution in [0.2, 0.25) is 0 Å². The number of carbonyl (C=O) groups is 1. The first-order chi connectivity index (χ1) is 7.29. The highest BCUT2D eigenvalue weighted by Gasteiger charge is 2.16. The van der Waals surface area contributed by atoms with Crippen molar-refractivity contribution in [3.05, 3.63) is 11.9 Å². The summed E-state index contributed by atoms with van der Waals surface area (Å²) in [5.41, 5.74) is 0.260. The number of ether oxygens (including phenoxy) is 1. The molecule has 2 heterocycles. The Morgan fingerprint density at radius 2 is 2.67 bits per heavy atom. The van der Waals surface area contributed by atoms with Crippen LogP contribution in [0.15, 0.2) is 6.20 Å². The van der Waals surface area contributed by atoms with E-state index in [0.29, 0.717) is 6.04 Å². The average molecular weight is 210 g/mol. The second-order valence-corrected chi connectivity index (χ2v) is 3.61. The van der Waals surface area contributed by atoms with E-state index in [9.17, 15) is 4.79 Å². The molecule has 1 N–H and O–H groups in total. The fraction of sp³-hybridized carbons (Fsp3) is 0.667.